The monoisotopic (exact) mass is 280 g/mol. The summed E-state index contributed by atoms with van der Waals surface area (Å²) in [6, 6.07) is 18.9. The maximum atomic E-state index is 11.2. The van der Waals surface area contributed by atoms with Crippen molar-refractivity contribution in [3.8, 4) is 0 Å². The van der Waals surface area contributed by atoms with Crippen molar-refractivity contribution < 1.29 is 5.11 Å². The van der Waals surface area contributed by atoms with E-state index in [1.807, 2.05) is 18.2 Å². The van der Waals surface area contributed by atoms with Crippen LogP contribution in [-0.2, 0) is 12.0 Å². The van der Waals surface area contributed by atoms with Gasteiger partial charge in [0.1, 0.15) is 0 Å². The second kappa shape index (κ2) is 6.03. The molecule has 110 valence electrons. The average Bonchev–Trinajstić information content (AvgIpc) is 2.56. The number of rotatable bonds is 4. The van der Waals surface area contributed by atoms with Gasteiger partial charge >= 0.3 is 0 Å². The molecule has 0 radical (unpaired) electrons. The van der Waals surface area contributed by atoms with Crippen LogP contribution in [0.15, 0.2) is 54.6 Å². The van der Waals surface area contributed by atoms with Crippen LogP contribution in [0.1, 0.15) is 55.2 Å². The molecule has 1 N–H and O–H groups in total. The van der Waals surface area contributed by atoms with E-state index in [0.29, 0.717) is 5.92 Å². The molecular weight excluding hydrogens is 256 g/mol. The molecule has 0 amide bonds. The van der Waals surface area contributed by atoms with Crippen LogP contribution < -0.4 is 0 Å². The number of aryl methyl sites for hydroxylation is 1. The van der Waals surface area contributed by atoms with Gasteiger partial charge in [-0.1, -0.05) is 61.5 Å². The Morgan fingerprint density at radius 2 is 1.76 bits per heavy atom. The van der Waals surface area contributed by atoms with Crippen LogP contribution in [0.5, 0.6) is 0 Å². The minimum absolute atomic E-state index is 0.472. The van der Waals surface area contributed by atoms with Gasteiger partial charge in [-0.3, -0.25) is 0 Å². The van der Waals surface area contributed by atoms with Crippen LogP contribution in [0, 0.1) is 0 Å². The lowest BCUT2D eigenvalue weighted by Gasteiger charge is -2.34. The van der Waals surface area contributed by atoms with Crippen molar-refractivity contribution in [3.05, 3.63) is 71.3 Å². The van der Waals surface area contributed by atoms with E-state index in [1.54, 1.807) is 0 Å². The van der Waals surface area contributed by atoms with Gasteiger partial charge in [0.2, 0.25) is 0 Å². The summed E-state index contributed by atoms with van der Waals surface area (Å²) in [6.45, 7) is 2.09. The highest BCUT2D eigenvalue weighted by molar-refractivity contribution is 5.34. The van der Waals surface area contributed by atoms with E-state index in [1.165, 1.54) is 30.4 Å². The molecular formula is C20H24O. The fourth-order valence-corrected chi connectivity index (χ4v) is 3.69. The van der Waals surface area contributed by atoms with E-state index in [0.717, 1.165) is 18.4 Å². The Bertz CT molecular complexity index is 590. The predicted molar refractivity (Wildman–Crippen MR) is 87.4 cm³/mol. The third kappa shape index (κ3) is 2.89. The number of hydrogen-bond acceptors (Lipinski definition) is 1. The van der Waals surface area contributed by atoms with E-state index < -0.39 is 5.60 Å². The van der Waals surface area contributed by atoms with Gasteiger partial charge in [-0.25, -0.2) is 0 Å². The summed E-state index contributed by atoms with van der Waals surface area (Å²) in [4.78, 5) is 0. The van der Waals surface area contributed by atoms with E-state index in [-0.39, 0.29) is 0 Å². The van der Waals surface area contributed by atoms with Gasteiger partial charge in [-0.15, -0.1) is 0 Å². The summed E-state index contributed by atoms with van der Waals surface area (Å²) in [5, 5.41) is 11.2. The Kier molecular flexibility index (Phi) is 4.12. The first-order chi connectivity index (χ1) is 10.2. The molecule has 0 saturated carbocycles. The minimum atomic E-state index is -0.712. The molecule has 1 aliphatic rings. The van der Waals surface area contributed by atoms with E-state index in [2.05, 4.69) is 43.3 Å². The molecule has 1 heteroatoms. The van der Waals surface area contributed by atoms with E-state index >= 15 is 0 Å². The molecule has 0 aliphatic heterocycles. The minimum Gasteiger partial charge on any atom is -0.385 e. The highest BCUT2D eigenvalue weighted by Crippen LogP contribution is 2.41. The SMILES string of the molecule is CCC(O)(CC1CCCc2ccccc21)c1ccccc1. The zero-order valence-electron chi connectivity index (χ0n) is 12.8. The fourth-order valence-electron chi connectivity index (χ4n) is 3.69. The van der Waals surface area contributed by atoms with Crippen LogP contribution in [0.2, 0.25) is 0 Å². The molecule has 21 heavy (non-hydrogen) atoms. The standard InChI is InChI=1S/C20H24O/c1-2-20(21,18-12-4-3-5-13-18)15-17-11-8-10-16-9-6-7-14-19(16)17/h3-7,9,12-14,17,21H,2,8,10-11,15H2,1H3. The third-order valence-corrected chi connectivity index (χ3v) is 4.97. The quantitative estimate of drug-likeness (QED) is 0.853. The van der Waals surface area contributed by atoms with Crippen molar-refractivity contribution >= 4 is 0 Å². The van der Waals surface area contributed by atoms with Crippen molar-refractivity contribution in [3.63, 3.8) is 0 Å². The van der Waals surface area contributed by atoms with Crippen molar-refractivity contribution in [2.24, 2.45) is 0 Å². The smallest absolute Gasteiger partial charge is 0.0899 e. The number of aliphatic hydroxyl groups is 1. The topological polar surface area (TPSA) is 20.2 Å². The predicted octanol–water partition coefficient (Wildman–Crippen LogP) is 4.79. The highest BCUT2D eigenvalue weighted by atomic mass is 16.3. The molecule has 0 saturated heterocycles. The molecule has 2 aromatic carbocycles. The van der Waals surface area contributed by atoms with Gasteiger partial charge in [0.25, 0.3) is 0 Å². The Balaban J connectivity index is 1.89. The summed E-state index contributed by atoms with van der Waals surface area (Å²) in [7, 11) is 0. The van der Waals surface area contributed by atoms with Crippen molar-refractivity contribution in [1.29, 1.82) is 0 Å². The summed E-state index contributed by atoms with van der Waals surface area (Å²) >= 11 is 0. The maximum absolute atomic E-state index is 11.2. The fraction of sp³-hybridized carbons (Fsp3) is 0.400. The highest BCUT2D eigenvalue weighted by Gasteiger charge is 2.32. The van der Waals surface area contributed by atoms with Crippen molar-refractivity contribution in [2.75, 3.05) is 0 Å². The van der Waals surface area contributed by atoms with Gasteiger partial charge < -0.3 is 5.11 Å². The van der Waals surface area contributed by atoms with Gasteiger partial charge in [-0.2, -0.15) is 0 Å². The first kappa shape index (κ1) is 14.3. The maximum Gasteiger partial charge on any atom is 0.0899 e. The Labute approximate surface area is 127 Å². The molecule has 2 aromatic rings. The lowest BCUT2D eigenvalue weighted by atomic mass is 9.74. The molecule has 0 fully saturated rings. The van der Waals surface area contributed by atoms with E-state index in [4.69, 9.17) is 0 Å². The van der Waals surface area contributed by atoms with Crippen LogP contribution in [0.3, 0.4) is 0 Å². The zero-order valence-corrected chi connectivity index (χ0v) is 12.8. The van der Waals surface area contributed by atoms with Gasteiger partial charge in [0.05, 0.1) is 5.60 Å². The summed E-state index contributed by atoms with van der Waals surface area (Å²) in [5.74, 6) is 0.472. The van der Waals surface area contributed by atoms with Gasteiger partial charge in [-0.05, 0) is 54.7 Å². The lowest BCUT2D eigenvalue weighted by molar-refractivity contribution is 0.0144. The molecule has 0 bridgehead atoms. The molecule has 0 spiro atoms. The number of hydrogen-bond donors (Lipinski definition) is 1. The van der Waals surface area contributed by atoms with Crippen molar-refractivity contribution in [1.82, 2.24) is 0 Å². The van der Waals surface area contributed by atoms with Crippen LogP contribution in [0.4, 0.5) is 0 Å². The van der Waals surface area contributed by atoms with Gasteiger partial charge in [0.15, 0.2) is 0 Å². The largest absolute Gasteiger partial charge is 0.385 e. The second-order valence-corrected chi connectivity index (χ2v) is 6.24. The Morgan fingerprint density at radius 1 is 1.05 bits per heavy atom. The molecule has 1 nitrogen and oxygen atoms in total. The lowest BCUT2D eigenvalue weighted by Crippen LogP contribution is -2.28. The molecule has 3 rings (SSSR count). The normalized spacial score (nSPS) is 20.6. The van der Waals surface area contributed by atoms with Crippen LogP contribution in [-0.4, -0.2) is 5.11 Å². The Hall–Kier alpha value is -1.60. The molecule has 2 atom stereocenters. The zero-order chi connectivity index (χ0) is 14.7. The summed E-state index contributed by atoms with van der Waals surface area (Å²) < 4.78 is 0. The molecule has 0 heterocycles. The number of benzene rings is 2. The second-order valence-electron chi connectivity index (χ2n) is 6.24. The third-order valence-electron chi connectivity index (χ3n) is 4.97. The molecule has 0 aromatic heterocycles. The molecule has 2 unspecified atom stereocenters. The van der Waals surface area contributed by atoms with Crippen LogP contribution in [0.25, 0.3) is 0 Å². The van der Waals surface area contributed by atoms with Crippen molar-refractivity contribution in [2.45, 2.75) is 50.5 Å². The molecule has 1 aliphatic carbocycles. The summed E-state index contributed by atoms with van der Waals surface area (Å²) in [5.41, 5.74) is 3.26. The van der Waals surface area contributed by atoms with Crippen LogP contribution >= 0.6 is 0 Å². The first-order valence-electron chi connectivity index (χ1n) is 8.08. The number of fused-ring (bicyclic) bond motifs is 1. The summed E-state index contributed by atoms with van der Waals surface area (Å²) in [6.07, 6.45) is 5.19. The average molecular weight is 280 g/mol. The van der Waals surface area contributed by atoms with E-state index in [9.17, 15) is 5.11 Å². The van der Waals surface area contributed by atoms with Gasteiger partial charge in [0, 0.05) is 0 Å². The Morgan fingerprint density at radius 3 is 2.52 bits per heavy atom. The first-order valence-corrected chi connectivity index (χ1v) is 8.08.